The van der Waals surface area contributed by atoms with Crippen molar-refractivity contribution in [3.8, 4) is 0 Å². The van der Waals surface area contributed by atoms with E-state index in [2.05, 4.69) is 15.6 Å². The lowest BCUT2D eigenvalue weighted by Gasteiger charge is -2.15. The van der Waals surface area contributed by atoms with E-state index >= 15 is 0 Å². The molecule has 0 saturated heterocycles. The fraction of sp³-hybridized carbons (Fsp3) is 0.294. The number of anilines is 3. The number of nitrogens with zero attached hydrogens (tertiary/aromatic N) is 1. The predicted molar refractivity (Wildman–Crippen MR) is 90.4 cm³/mol. The van der Waals surface area contributed by atoms with E-state index in [-0.39, 0.29) is 17.6 Å². The van der Waals surface area contributed by atoms with Gasteiger partial charge in [-0.25, -0.2) is 4.98 Å². The molecule has 1 amide bonds. The maximum atomic E-state index is 12.5. The number of carbonyl (C=O) groups is 1. The molecule has 4 N–H and O–H groups in total. The number of halogens is 3. The summed E-state index contributed by atoms with van der Waals surface area (Å²) in [5.41, 5.74) is 6.16. The number of aromatic nitrogens is 1. The molecule has 0 saturated carbocycles. The van der Waals surface area contributed by atoms with Gasteiger partial charge in [0.1, 0.15) is 5.82 Å². The standard InChI is InChI=1S/C17H19F3N4O/c1-10(2)15(21)16(25)24-13-6-4-12(5-7-13)23-14-8-3-11(9-22-14)17(18,19)20/h3-10,15H,21H2,1-2H3,(H,22,23)(H,24,25)/t15-/m0/s1. The van der Waals surface area contributed by atoms with Crippen molar-refractivity contribution in [3.63, 3.8) is 0 Å². The van der Waals surface area contributed by atoms with Crippen molar-refractivity contribution < 1.29 is 18.0 Å². The van der Waals surface area contributed by atoms with E-state index in [1.165, 1.54) is 6.07 Å². The molecule has 2 aromatic rings. The molecule has 0 spiro atoms. The summed E-state index contributed by atoms with van der Waals surface area (Å²) in [6, 6.07) is 8.28. The molecule has 1 atom stereocenters. The molecule has 8 heteroatoms. The largest absolute Gasteiger partial charge is 0.417 e. The van der Waals surface area contributed by atoms with Gasteiger partial charge in [-0.3, -0.25) is 4.79 Å². The van der Waals surface area contributed by atoms with Gasteiger partial charge < -0.3 is 16.4 Å². The second kappa shape index (κ2) is 7.52. The van der Waals surface area contributed by atoms with E-state index in [1.54, 1.807) is 24.3 Å². The number of nitrogens with one attached hydrogen (secondary N) is 2. The van der Waals surface area contributed by atoms with E-state index in [4.69, 9.17) is 5.73 Å². The Morgan fingerprint density at radius 1 is 1.08 bits per heavy atom. The quantitative estimate of drug-likeness (QED) is 0.765. The number of pyridine rings is 1. The van der Waals surface area contributed by atoms with E-state index in [9.17, 15) is 18.0 Å². The van der Waals surface area contributed by atoms with Crippen LogP contribution in [-0.2, 0) is 11.0 Å². The second-order valence-electron chi connectivity index (χ2n) is 5.89. The third kappa shape index (κ3) is 5.18. The van der Waals surface area contributed by atoms with Gasteiger partial charge in [0, 0.05) is 17.6 Å². The smallest absolute Gasteiger partial charge is 0.340 e. The first-order valence-electron chi connectivity index (χ1n) is 7.63. The maximum absolute atomic E-state index is 12.5. The number of amides is 1. The average Bonchev–Trinajstić information content (AvgIpc) is 2.55. The van der Waals surface area contributed by atoms with Crippen LogP contribution >= 0.6 is 0 Å². The molecule has 0 fully saturated rings. The fourth-order valence-electron chi connectivity index (χ4n) is 1.95. The van der Waals surface area contributed by atoms with Gasteiger partial charge in [-0.05, 0) is 42.3 Å². The minimum absolute atomic E-state index is 0.0201. The average molecular weight is 352 g/mol. The lowest BCUT2D eigenvalue weighted by atomic mass is 10.0. The van der Waals surface area contributed by atoms with Crippen LogP contribution in [0.2, 0.25) is 0 Å². The van der Waals surface area contributed by atoms with Crippen molar-refractivity contribution in [2.24, 2.45) is 11.7 Å². The van der Waals surface area contributed by atoms with Crippen LogP contribution in [0, 0.1) is 5.92 Å². The molecule has 0 unspecified atom stereocenters. The van der Waals surface area contributed by atoms with Crippen LogP contribution in [0.1, 0.15) is 19.4 Å². The van der Waals surface area contributed by atoms with Gasteiger partial charge in [-0.2, -0.15) is 13.2 Å². The normalized spacial score (nSPS) is 12.8. The lowest BCUT2D eigenvalue weighted by Crippen LogP contribution is -2.39. The van der Waals surface area contributed by atoms with Crippen molar-refractivity contribution in [2.75, 3.05) is 10.6 Å². The Labute approximate surface area is 143 Å². The third-order valence-electron chi connectivity index (χ3n) is 3.54. The number of rotatable bonds is 5. The van der Waals surface area contributed by atoms with Gasteiger partial charge in [0.25, 0.3) is 0 Å². The Hall–Kier alpha value is -2.61. The van der Waals surface area contributed by atoms with Gasteiger partial charge in [-0.15, -0.1) is 0 Å². The van der Waals surface area contributed by atoms with Gasteiger partial charge in [0.05, 0.1) is 11.6 Å². The molecule has 0 aliphatic rings. The maximum Gasteiger partial charge on any atom is 0.417 e. The van der Waals surface area contributed by atoms with E-state index < -0.39 is 17.8 Å². The molecular formula is C17H19F3N4O. The van der Waals surface area contributed by atoms with E-state index in [0.717, 1.165) is 12.3 Å². The molecule has 0 radical (unpaired) electrons. The number of hydrogen-bond donors (Lipinski definition) is 3. The molecule has 1 aromatic carbocycles. The molecule has 134 valence electrons. The Morgan fingerprint density at radius 3 is 2.16 bits per heavy atom. The van der Waals surface area contributed by atoms with Crippen molar-refractivity contribution >= 4 is 23.1 Å². The van der Waals surface area contributed by atoms with Crippen LogP contribution in [-0.4, -0.2) is 16.9 Å². The van der Waals surface area contributed by atoms with Crippen LogP contribution in [0.15, 0.2) is 42.6 Å². The molecular weight excluding hydrogens is 333 g/mol. The highest BCUT2D eigenvalue weighted by Crippen LogP contribution is 2.29. The molecule has 25 heavy (non-hydrogen) atoms. The second-order valence-corrected chi connectivity index (χ2v) is 5.89. The first kappa shape index (κ1) is 18.7. The summed E-state index contributed by atoms with van der Waals surface area (Å²) in [7, 11) is 0. The van der Waals surface area contributed by atoms with Crippen molar-refractivity contribution in [1.29, 1.82) is 0 Å². The minimum atomic E-state index is -4.41. The number of benzene rings is 1. The zero-order chi connectivity index (χ0) is 18.6. The van der Waals surface area contributed by atoms with Gasteiger partial charge >= 0.3 is 6.18 Å². The van der Waals surface area contributed by atoms with Crippen LogP contribution in [0.4, 0.5) is 30.4 Å². The summed E-state index contributed by atoms with van der Waals surface area (Å²) in [6.07, 6.45) is -3.65. The fourth-order valence-corrected chi connectivity index (χ4v) is 1.95. The molecule has 2 rings (SSSR count). The number of nitrogens with two attached hydrogens (primary N) is 1. The van der Waals surface area contributed by atoms with Gasteiger partial charge in [0.2, 0.25) is 5.91 Å². The highest BCUT2D eigenvalue weighted by Gasteiger charge is 2.30. The van der Waals surface area contributed by atoms with Crippen LogP contribution in [0.3, 0.4) is 0 Å². The first-order chi connectivity index (χ1) is 11.7. The number of alkyl halides is 3. The summed E-state index contributed by atoms with van der Waals surface area (Å²) in [5, 5.41) is 5.59. The Bertz CT molecular complexity index is 712. The molecule has 0 aliphatic heterocycles. The van der Waals surface area contributed by atoms with Crippen molar-refractivity contribution in [3.05, 3.63) is 48.2 Å². The van der Waals surface area contributed by atoms with Gasteiger partial charge in [0.15, 0.2) is 0 Å². The molecule has 0 bridgehead atoms. The molecule has 5 nitrogen and oxygen atoms in total. The monoisotopic (exact) mass is 352 g/mol. The summed E-state index contributed by atoms with van der Waals surface area (Å²) < 4.78 is 37.5. The SMILES string of the molecule is CC(C)[C@H](N)C(=O)Nc1ccc(Nc2ccc(C(F)(F)F)cn2)cc1. The summed E-state index contributed by atoms with van der Waals surface area (Å²) in [6.45, 7) is 3.71. The number of hydrogen-bond acceptors (Lipinski definition) is 4. The highest BCUT2D eigenvalue weighted by molar-refractivity contribution is 5.95. The zero-order valence-corrected chi connectivity index (χ0v) is 13.8. The number of carbonyl (C=O) groups excluding carboxylic acids is 1. The topological polar surface area (TPSA) is 80.0 Å². The summed E-state index contributed by atoms with van der Waals surface area (Å²) in [5.74, 6) is 0.0263. The summed E-state index contributed by atoms with van der Waals surface area (Å²) in [4.78, 5) is 15.6. The molecule has 1 aromatic heterocycles. The van der Waals surface area contributed by atoms with E-state index in [0.29, 0.717) is 11.4 Å². The predicted octanol–water partition coefficient (Wildman–Crippen LogP) is 3.77. The Kier molecular flexibility index (Phi) is 5.63. The third-order valence-corrected chi connectivity index (χ3v) is 3.54. The van der Waals surface area contributed by atoms with Crippen LogP contribution < -0.4 is 16.4 Å². The Balaban J connectivity index is 1.99. The minimum Gasteiger partial charge on any atom is -0.340 e. The highest BCUT2D eigenvalue weighted by atomic mass is 19.4. The van der Waals surface area contributed by atoms with Crippen molar-refractivity contribution in [1.82, 2.24) is 4.98 Å². The van der Waals surface area contributed by atoms with E-state index in [1.807, 2.05) is 13.8 Å². The van der Waals surface area contributed by atoms with Crippen LogP contribution in [0.25, 0.3) is 0 Å². The summed E-state index contributed by atoms with van der Waals surface area (Å²) >= 11 is 0. The van der Waals surface area contributed by atoms with Crippen molar-refractivity contribution in [2.45, 2.75) is 26.1 Å². The first-order valence-corrected chi connectivity index (χ1v) is 7.63. The van der Waals surface area contributed by atoms with Gasteiger partial charge in [-0.1, -0.05) is 13.8 Å². The zero-order valence-electron chi connectivity index (χ0n) is 13.8. The molecule has 1 heterocycles. The Morgan fingerprint density at radius 2 is 1.68 bits per heavy atom. The molecule has 0 aliphatic carbocycles. The lowest BCUT2D eigenvalue weighted by molar-refractivity contribution is -0.137. The van der Waals surface area contributed by atoms with Crippen LogP contribution in [0.5, 0.6) is 0 Å².